The molecule has 0 unspecified atom stereocenters. The fourth-order valence-corrected chi connectivity index (χ4v) is 3.06. The summed E-state index contributed by atoms with van der Waals surface area (Å²) in [6, 6.07) is 18.8. The van der Waals surface area contributed by atoms with Crippen molar-refractivity contribution in [1.82, 2.24) is 0 Å². The first-order valence-electron chi connectivity index (χ1n) is 8.22. The van der Waals surface area contributed by atoms with E-state index < -0.39 is 0 Å². The molecule has 1 saturated carbocycles. The van der Waals surface area contributed by atoms with Gasteiger partial charge in [0.1, 0.15) is 6.61 Å². The molecule has 0 heterocycles. The van der Waals surface area contributed by atoms with Crippen LogP contribution in [-0.4, -0.2) is 6.21 Å². The second-order valence-corrected chi connectivity index (χ2v) is 5.95. The molecule has 0 spiro atoms. The molecule has 1 aliphatic rings. The number of nitrogens with zero attached hydrogens (tertiary/aromatic N) is 1. The van der Waals surface area contributed by atoms with E-state index in [4.69, 9.17) is 4.84 Å². The summed E-state index contributed by atoms with van der Waals surface area (Å²) in [5, 5.41) is 4.20. The van der Waals surface area contributed by atoms with E-state index in [1.54, 1.807) is 0 Å². The summed E-state index contributed by atoms with van der Waals surface area (Å²) in [4.78, 5) is 5.55. The minimum absolute atomic E-state index is 0.522. The van der Waals surface area contributed by atoms with Crippen LogP contribution in [0.2, 0.25) is 0 Å². The third kappa shape index (κ3) is 3.97. The summed E-state index contributed by atoms with van der Waals surface area (Å²) in [6.07, 6.45) is 8.54. The average molecular weight is 293 g/mol. The molecular formula is C20H23NO. The molecule has 0 saturated heterocycles. The third-order valence-corrected chi connectivity index (χ3v) is 4.32. The normalized spacial score (nSPS) is 16.0. The quantitative estimate of drug-likeness (QED) is 0.531. The first-order chi connectivity index (χ1) is 10.9. The smallest absolute Gasteiger partial charge is 0.142 e. The molecule has 0 bridgehead atoms. The van der Waals surface area contributed by atoms with Crippen molar-refractivity contribution in [1.29, 1.82) is 0 Å². The second-order valence-electron chi connectivity index (χ2n) is 5.95. The lowest BCUT2D eigenvalue weighted by molar-refractivity contribution is 0.130. The minimum Gasteiger partial charge on any atom is -0.391 e. The molecule has 1 aliphatic carbocycles. The van der Waals surface area contributed by atoms with Gasteiger partial charge in [0.15, 0.2) is 0 Å². The Balaban J connectivity index is 1.62. The van der Waals surface area contributed by atoms with Gasteiger partial charge in [-0.3, -0.25) is 0 Å². The van der Waals surface area contributed by atoms with Gasteiger partial charge in [0.05, 0.1) is 0 Å². The molecule has 22 heavy (non-hydrogen) atoms. The molecular weight excluding hydrogens is 270 g/mol. The van der Waals surface area contributed by atoms with E-state index in [0.717, 1.165) is 0 Å². The predicted octanol–water partition coefficient (Wildman–Crippen LogP) is 5.44. The first kappa shape index (κ1) is 14.8. The molecule has 114 valence electrons. The largest absolute Gasteiger partial charge is 0.391 e. The molecule has 0 aliphatic heterocycles. The predicted molar refractivity (Wildman–Crippen MR) is 91.7 cm³/mol. The van der Waals surface area contributed by atoms with E-state index in [-0.39, 0.29) is 0 Å². The Morgan fingerprint density at radius 3 is 2.45 bits per heavy atom. The van der Waals surface area contributed by atoms with Gasteiger partial charge in [0, 0.05) is 6.21 Å². The molecule has 2 nitrogen and oxygen atoms in total. The summed E-state index contributed by atoms with van der Waals surface area (Å²) < 4.78 is 0. The third-order valence-electron chi connectivity index (χ3n) is 4.32. The molecule has 2 aromatic carbocycles. The van der Waals surface area contributed by atoms with Crippen molar-refractivity contribution in [2.45, 2.75) is 38.7 Å². The van der Waals surface area contributed by atoms with Gasteiger partial charge >= 0.3 is 0 Å². The fraction of sp³-hybridized carbons (Fsp3) is 0.350. The second kappa shape index (κ2) is 7.79. The van der Waals surface area contributed by atoms with Crippen molar-refractivity contribution in [2.75, 3.05) is 0 Å². The highest BCUT2D eigenvalue weighted by atomic mass is 16.6. The van der Waals surface area contributed by atoms with Crippen LogP contribution in [0.1, 0.15) is 37.7 Å². The SMILES string of the molecule is C(=NOCc1ccccc1-c1ccccc1)C1CCCCC1. The molecule has 0 amide bonds. The molecule has 1 fully saturated rings. The first-order valence-corrected chi connectivity index (χ1v) is 8.22. The zero-order chi connectivity index (χ0) is 15.0. The van der Waals surface area contributed by atoms with Crippen LogP contribution >= 0.6 is 0 Å². The lowest BCUT2D eigenvalue weighted by Crippen LogP contribution is -2.07. The maximum absolute atomic E-state index is 5.55. The molecule has 3 rings (SSSR count). The highest BCUT2D eigenvalue weighted by Gasteiger charge is 2.10. The Hall–Kier alpha value is -2.09. The highest BCUT2D eigenvalue weighted by Crippen LogP contribution is 2.24. The highest BCUT2D eigenvalue weighted by molar-refractivity contribution is 5.67. The van der Waals surface area contributed by atoms with Gasteiger partial charge in [-0.15, -0.1) is 0 Å². The van der Waals surface area contributed by atoms with Crippen LogP contribution in [-0.2, 0) is 11.4 Å². The van der Waals surface area contributed by atoms with Crippen LogP contribution in [0.25, 0.3) is 11.1 Å². The zero-order valence-corrected chi connectivity index (χ0v) is 12.9. The van der Waals surface area contributed by atoms with Gasteiger partial charge < -0.3 is 4.84 Å². The van der Waals surface area contributed by atoms with Crippen molar-refractivity contribution in [3.63, 3.8) is 0 Å². The van der Waals surface area contributed by atoms with E-state index in [9.17, 15) is 0 Å². The summed E-state index contributed by atoms with van der Waals surface area (Å²) >= 11 is 0. The lowest BCUT2D eigenvalue weighted by Gasteiger charge is -2.16. The van der Waals surface area contributed by atoms with Crippen LogP contribution in [0.3, 0.4) is 0 Å². The number of benzene rings is 2. The van der Waals surface area contributed by atoms with Crippen molar-refractivity contribution in [2.24, 2.45) is 11.1 Å². The van der Waals surface area contributed by atoms with E-state index in [2.05, 4.69) is 53.7 Å². The summed E-state index contributed by atoms with van der Waals surface area (Å²) in [5.41, 5.74) is 3.61. The Morgan fingerprint density at radius 1 is 0.909 bits per heavy atom. The maximum atomic E-state index is 5.55. The van der Waals surface area contributed by atoms with Gasteiger partial charge in [-0.05, 0) is 35.4 Å². The van der Waals surface area contributed by atoms with Gasteiger partial charge in [-0.1, -0.05) is 79.0 Å². The number of rotatable bonds is 5. The zero-order valence-electron chi connectivity index (χ0n) is 12.9. The van der Waals surface area contributed by atoms with E-state index in [1.807, 2.05) is 12.3 Å². The van der Waals surface area contributed by atoms with E-state index in [1.165, 1.54) is 48.8 Å². The Bertz CT molecular complexity index is 600. The molecule has 2 aromatic rings. The Morgan fingerprint density at radius 2 is 1.64 bits per heavy atom. The van der Waals surface area contributed by atoms with Crippen LogP contribution in [0.15, 0.2) is 59.8 Å². The summed E-state index contributed by atoms with van der Waals surface area (Å²) in [6.45, 7) is 0.522. The van der Waals surface area contributed by atoms with Crippen molar-refractivity contribution < 1.29 is 4.84 Å². The van der Waals surface area contributed by atoms with Crippen LogP contribution in [0, 0.1) is 5.92 Å². The Kier molecular flexibility index (Phi) is 5.25. The molecule has 0 atom stereocenters. The summed E-state index contributed by atoms with van der Waals surface area (Å²) in [7, 11) is 0. The number of hydrogen-bond donors (Lipinski definition) is 0. The van der Waals surface area contributed by atoms with Gasteiger partial charge in [-0.25, -0.2) is 0 Å². The molecule has 0 aromatic heterocycles. The summed E-state index contributed by atoms with van der Waals surface area (Å²) in [5.74, 6) is 0.609. The maximum Gasteiger partial charge on any atom is 0.142 e. The number of hydrogen-bond acceptors (Lipinski definition) is 2. The molecule has 0 radical (unpaired) electrons. The standard InChI is InChI=1S/C20H23NO/c1-3-9-17(10-4-1)15-21-22-16-19-13-7-8-14-20(19)18-11-5-2-6-12-18/h2,5-8,11-15,17H,1,3-4,9-10,16H2. The topological polar surface area (TPSA) is 21.6 Å². The van der Waals surface area contributed by atoms with Crippen molar-refractivity contribution in [3.05, 3.63) is 60.2 Å². The monoisotopic (exact) mass is 293 g/mol. The molecule has 0 N–H and O–H groups in total. The van der Waals surface area contributed by atoms with E-state index >= 15 is 0 Å². The van der Waals surface area contributed by atoms with Crippen LogP contribution in [0.4, 0.5) is 0 Å². The van der Waals surface area contributed by atoms with Gasteiger partial charge in [0.2, 0.25) is 0 Å². The fourth-order valence-electron chi connectivity index (χ4n) is 3.06. The van der Waals surface area contributed by atoms with Crippen LogP contribution in [0.5, 0.6) is 0 Å². The number of oxime groups is 1. The Labute approximate surface area is 132 Å². The van der Waals surface area contributed by atoms with Crippen molar-refractivity contribution >= 4 is 6.21 Å². The van der Waals surface area contributed by atoms with Gasteiger partial charge in [0.25, 0.3) is 0 Å². The molecule has 2 heteroatoms. The average Bonchev–Trinajstić information content (AvgIpc) is 2.61. The van der Waals surface area contributed by atoms with Gasteiger partial charge in [-0.2, -0.15) is 0 Å². The van der Waals surface area contributed by atoms with Crippen LogP contribution < -0.4 is 0 Å². The minimum atomic E-state index is 0.522. The lowest BCUT2D eigenvalue weighted by atomic mass is 9.90. The van der Waals surface area contributed by atoms with Crippen molar-refractivity contribution in [3.8, 4) is 11.1 Å². The van der Waals surface area contributed by atoms with E-state index in [0.29, 0.717) is 12.5 Å².